The number of nitrogens with one attached hydrogen (secondary N) is 2. The molecule has 2 rings (SSSR count). The Balaban J connectivity index is 1.66. The number of guanidine groups is 1. The lowest BCUT2D eigenvalue weighted by Crippen LogP contribution is -2.44. The quantitative estimate of drug-likeness (QED) is 0.555. The molecule has 2 saturated carbocycles. The van der Waals surface area contributed by atoms with Crippen molar-refractivity contribution in [3.8, 4) is 0 Å². The molecular formula is C14H28N4. The lowest BCUT2D eigenvalue weighted by molar-refractivity contribution is 0.215. The molecule has 2 N–H and O–H groups in total. The van der Waals surface area contributed by atoms with E-state index < -0.39 is 0 Å². The molecule has 0 aromatic rings. The van der Waals surface area contributed by atoms with Gasteiger partial charge in [-0.1, -0.05) is 6.92 Å². The molecule has 2 unspecified atom stereocenters. The Kier molecular flexibility index (Phi) is 4.49. The fourth-order valence-electron chi connectivity index (χ4n) is 2.47. The molecule has 2 atom stereocenters. The van der Waals surface area contributed by atoms with Crippen LogP contribution in [0, 0.1) is 5.92 Å². The molecular weight excluding hydrogens is 224 g/mol. The molecule has 0 aliphatic heterocycles. The molecule has 104 valence electrons. The molecule has 2 aliphatic rings. The van der Waals surface area contributed by atoms with E-state index in [1.54, 1.807) is 0 Å². The number of nitrogens with zero attached hydrogens (tertiary/aromatic N) is 2. The third-order valence-electron chi connectivity index (χ3n) is 4.00. The summed E-state index contributed by atoms with van der Waals surface area (Å²) in [7, 11) is 1.85. The van der Waals surface area contributed by atoms with E-state index in [0.717, 1.165) is 31.0 Å². The van der Waals surface area contributed by atoms with Crippen molar-refractivity contribution in [2.75, 3.05) is 20.1 Å². The van der Waals surface area contributed by atoms with E-state index >= 15 is 0 Å². The van der Waals surface area contributed by atoms with Crippen molar-refractivity contribution in [3.05, 3.63) is 0 Å². The van der Waals surface area contributed by atoms with Crippen LogP contribution in [-0.4, -0.2) is 49.1 Å². The summed E-state index contributed by atoms with van der Waals surface area (Å²) < 4.78 is 0. The maximum atomic E-state index is 4.28. The Hall–Kier alpha value is -0.770. The van der Waals surface area contributed by atoms with Gasteiger partial charge in [-0.15, -0.1) is 0 Å². The fraction of sp³-hybridized carbons (Fsp3) is 0.929. The number of hydrogen-bond donors (Lipinski definition) is 2. The van der Waals surface area contributed by atoms with E-state index in [1.807, 2.05) is 7.05 Å². The molecule has 0 heterocycles. The summed E-state index contributed by atoms with van der Waals surface area (Å²) in [6, 6.07) is 2.13. The summed E-state index contributed by atoms with van der Waals surface area (Å²) in [4.78, 5) is 6.88. The van der Waals surface area contributed by atoms with Gasteiger partial charge in [0.15, 0.2) is 5.96 Å². The summed E-state index contributed by atoms with van der Waals surface area (Å²) >= 11 is 0. The van der Waals surface area contributed by atoms with Crippen LogP contribution in [0.15, 0.2) is 4.99 Å². The van der Waals surface area contributed by atoms with Crippen molar-refractivity contribution >= 4 is 5.96 Å². The molecule has 2 fully saturated rings. The van der Waals surface area contributed by atoms with Crippen molar-refractivity contribution < 1.29 is 0 Å². The predicted octanol–water partition coefficient (Wildman–Crippen LogP) is 1.43. The monoisotopic (exact) mass is 252 g/mol. The first-order chi connectivity index (χ1) is 8.61. The van der Waals surface area contributed by atoms with Gasteiger partial charge < -0.3 is 10.6 Å². The summed E-state index contributed by atoms with van der Waals surface area (Å²) in [5.74, 6) is 1.77. The molecule has 18 heavy (non-hydrogen) atoms. The molecule has 4 nitrogen and oxygen atoms in total. The van der Waals surface area contributed by atoms with Crippen LogP contribution in [-0.2, 0) is 0 Å². The average Bonchev–Trinajstić information content (AvgIpc) is 3.21. The maximum absolute atomic E-state index is 4.28. The predicted molar refractivity (Wildman–Crippen MR) is 76.9 cm³/mol. The van der Waals surface area contributed by atoms with Crippen molar-refractivity contribution in [2.45, 2.75) is 58.2 Å². The van der Waals surface area contributed by atoms with E-state index in [2.05, 4.69) is 41.3 Å². The molecule has 4 heteroatoms. The van der Waals surface area contributed by atoms with E-state index in [1.165, 1.54) is 19.3 Å². The Bertz CT molecular complexity index is 294. The van der Waals surface area contributed by atoms with Crippen molar-refractivity contribution in [3.63, 3.8) is 0 Å². The van der Waals surface area contributed by atoms with Crippen LogP contribution in [0.1, 0.15) is 40.0 Å². The third kappa shape index (κ3) is 3.87. The summed E-state index contributed by atoms with van der Waals surface area (Å²) in [5.41, 5.74) is 0. The van der Waals surface area contributed by atoms with Crippen LogP contribution in [0.2, 0.25) is 0 Å². The molecule has 0 spiro atoms. The standard InChI is InChI=1S/C14H28N4/c1-10(2)18(12-5-6-12)8-7-16-14(15-4)17-13-9-11(13)3/h10-13H,5-9H2,1-4H3,(H2,15,16,17). The topological polar surface area (TPSA) is 39.7 Å². The van der Waals surface area contributed by atoms with E-state index in [0.29, 0.717) is 12.1 Å². The zero-order valence-corrected chi connectivity index (χ0v) is 12.2. The van der Waals surface area contributed by atoms with Crippen LogP contribution in [0.5, 0.6) is 0 Å². The molecule has 0 aromatic heterocycles. The van der Waals surface area contributed by atoms with Gasteiger partial charge in [-0.25, -0.2) is 0 Å². The van der Waals surface area contributed by atoms with Gasteiger partial charge in [0.1, 0.15) is 0 Å². The highest BCUT2D eigenvalue weighted by Gasteiger charge is 2.33. The largest absolute Gasteiger partial charge is 0.355 e. The number of hydrogen-bond acceptors (Lipinski definition) is 2. The van der Waals surface area contributed by atoms with Crippen LogP contribution in [0.25, 0.3) is 0 Å². The fourth-order valence-corrected chi connectivity index (χ4v) is 2.47. The van der Waals surface area contributed by atoms with Crippen molar-refractivity contribution in [2.24, 2.45) is 10.9 Å². The summed E-state index contributed by atoms with van der Waals surface area (Å²) in [6.07, 6.45) is 4.04. The Morgan fingerprint density at radius 1 is 1.39 bits per heavy atom. The lowest BCUT2D eigenvalue weighted by atomic mass is 10.3. The second kappa shape index (κ2) is 5.91. The van der Waals surface area contributed by atoms with E-state index in [4.69, 9.17) is 0 Å². The minimum Gasteiger partial charge on any atom is -0.355 e. The van der Waals surface area contributed by atoms with Gasteiger partial charge in [0.25, 0.3) is 0 Å². The minimum atomic E-state index is 0.640. The normalized spacial score (nSPS) is 27.8. The molecule has 2 aliphatic carbocycles. The van der Waals surface area contributed by atoms with Crippen LogP contribution < -0.4 is 10.6 Å². The molecule has 0 radical (unpaired) electrons. The van der Waals surface area contributed by atoms with Gasteiger partial charge in [0.2, 0.25) is 0 Å². The smallest absolute Gasteiger partial charge is 0.191 e. The first kappa shape index (κ1) is 13.7. The van der Waals surface area contributed by atoms with E-state index in [9.17, 15) is 0 Å². The Morgan fingerprint density at radius 2 is 2.06 bits per heavy atom. The van der Waals surface area contributed by atoms with Crippen LogP contribution in [0.4, 0.5) is 0 Å². The summed E-state index contributed by atoms with van der Waals surface area (Å²) in [5, 5.41) is 6.89. The van der Waals surface area contributed by atoms with Gasteiger partial charge >= 0.3 is 0 Å². The highest BCUT2D eigenvalue weighted by Crippen LogP contribution is 2.29. The SMILES string of the molecule is CN=C(NCCN(C(C)C)C1CC1)NC1CC1C. The Morgan fingerprint density at radius 3 is 2.50 bits per heavy atom. The minimum absolute atomic E-state index is 0.640. The van der Waals surface area contributed by atoms with Gasteiger partial charge in [-0.3, -0.25) is 9.89 Å². The zero-order chi connectivity index (χ0) is 13.1. The summed E-state index contributed by atoms with van der Waals surface area (Å²) in [6.45, 7) is 8.95. The van der Waals surface area contributed by atoms with Gasteiger partial charge in [0.05, 0.1) is 0 Å². The van der Waals surface area contributed by atoms with Crippen molar-refractivity contribution in [1.82, 2.24) is 15.5 Å². The lowest BCUT2D eigenvalue weighted by Gasteiger charge is -2.26. The van der Waals surface area contributed by atoms with Gasteiger partial charge in [-0.05, 0) is 39.0 Å². The van der Waals surface area contributed by atoms with Gasteiger partial charge in [-0.2, -0.15) is 0 Å². The molecule has 0 bridgehead atoms. The Labute approximate surface area is 111 Å². The van der Waals surface area contributed by atoms with Crippen molar-refractivity contribution in [1.29, 1.82) is 0 Å². The maximum Gasteiger partial charge on any atom is 0.191 e. The second-order valence-corrected chi connectivity index (χ2v) is 6.03. The molecule has 0 aromatic carbocycles. The molecule has 0 saturated heterocycles. The highest BCUT2D eigenvalue weighted by atomic mass is 15.2. The third-order valence-corrected chi connectivity index (χ3v) is 4.00. The number of aliphatic imine (C=N–C) groups is 1. The van der Waals surface area contributed by atoms with Crippen LogP contribution >= 0.6 is 0 Å². The first-order valence-corrected chi connectivity index (χ1v) is 7.34. The highest BCUT2D eigenvalue weighted by molar-refractivity contribution is 5.80. The van der Waals surface area contributed by atoms with E-state index in [-0.39, 0.29) is 0 Å². The number of rotatable bonds is 6. The molecule has 0 amide bonds. The zero-order valence-electron chi connectivity index (χ0n) is 12.2. The second-order valence-electron chi connectivity index (χ2n) is 6.03. The first-order valence-electron chi connectivity index (χ1n) is 7.34. The van der Waals surface area contributed by atoms with Gasteiger partial charge in [0, 0.05) is 38.3 Å². The average molecular weight is 252 g/mol. The van der Waals surface area contributed by atoms with Crippen LogP contribution in [0.3, 0.4) is 0 Å².